The lowest BCUT2D eigenvalue weighted by Crippen LogP contribution is -2.77. The molecule has 0 aromatic heterocycles. The second kappa shape index (κ2) is 9.04. The van der Waals surface area contributed by atoms with Crippen LogP contribution in [0.15, 0.2) is 42.5 Å². The lowest BCUT2D eigenvalue weighted by molar-refractivity contribution is -0.192. The first kappa shape index (κ1) is 26.6. The van der Waals surface area contributed by atoms with E-state index < -0.39 is 76.2 Å². The zero-order valence-corrected chi connectivity index (χ0v) is 21.5. The number of Topliss-reactive ketones (excluding diaryl/α,β-unsaturated/α-hetero) is 4. The summed E-state index contributed by atoms with van der Waals surface area (Å²) in [5.41, 5.74) is 4.38. The van der Waals surface area contributed by atoms with Gasteiger partial charge in [-0.2, -0.15) is 0 Å². The summed E-state index contributed by atoms with van der Waals surface area (Å²) in [5.74, 6) is -13.1. The second-order valence-corrected chi connectivity index (χ2v) is 10.7. The number of carbonyl (C=O) groups excluding carboxylic acids is 5. The van der Waals surface area contributed by atoms with Gasteiger partial charge in [-0.1, -0.05) is 48.0 Å². The maximum Gasteiger partial charge on any atom is 0.235 e. The standard InChI is InChI=1S/C29H28N2O8/c1-12-7-9-13(10-8-12)11-15-14-5-4-6-16(32)17(14)23(33)19-18(15)24(34)21-22(31(2)3)25(35)20(28(30)38)27(37)29(21,39)26(19)36/h4-11,18-22,24,32,34,39H,1-3H3,(H2,30,38). The van der Waals surface area contributed by atoms with Crippen LogP contribution in [0.4, 0.5) is 0 Å². The number of hydrogen-bond donors (Lipinski definition) is 4. The van der Waals surface area contributed by atoms with E-state index in [9.17, 15) is 39.3 Å². The molecule has 0 saturated heterocycles. The molecule has 0 heterocycles. The summed E-state index contributed by atoms with van der Waals surface area (Å²) in [7, 11) is 2.89. The van der Waals surface area contributed by atoms with Crippen LogP contribution in [0.3, 0.4) is 0 Å². The van der Waals surface area contributed by atoms with Crippen LogP contribution in [0, 0.1) is 30.6 Å². The number of aromatic hydroxyl groups is 1. The predicted octanol–water partition coefficient (Wildman–Crippen LogP) is 0.144. The minimum atomic E-state index is -3.05. The Kier molecular flexibility index (Phi) is 6.17. The number of phenolic OH excluding ortho intramolecular Hbond substituents is 1. The summed E-state index contributed by atoms with van der Waals surface area (Å²) in [6.45, 7) is 1.90. The van der Waals surface area contributed by atoms with E-state index in [1.807, 2.05) is 19.1 Å². The van der Waals surface area contributed by atoms with Crippen molar-refractivity contribution in [2.24, 2.45) is 29.4 Å². The predicted molar refractivity (Wildman–Crippen MR) is 138 cm³/mol. The average molecular weight is 533 g/mol. The van der Waals surface area contributed by atoms with Crippen molar-refractivity contribution in [2.75, 3.05) is 14.1 Å². The summed E-state index contributed by atoms with van der Waals surface area (Å²) in [5, 5.41) is 34.2. The van der Waals surface area contributed by atoms with Crippen molar-refractivity contribution in [3.05, 3.63) is 64.7 Å². The molecule has 1 amide bonds. The maximum atomic E-state index is 14.1. The quantitative estimate of drug-likeness (QED) is 0.401. The number of likely N-dealkylation sites (N-methyl/N-ethyl adjacent to an activating group) is 1. The van der Waals surface area contributed by atoms with Gasteiger partial charge < -0.3 is 21.1 Å². The monoisotopic (exact) mass is 532 g/mol. The van der Waals surface area contributed by atoms with Gasteiger partial charge in [-0.3, -0.25) is 28.9 Å². The summed E-state index contributed by atoms with van der Waals surface area (Å²) in [6.07, 6.45) is -0.0746. The van der Waals surface area contributed by atoms with Gasteiger partial charge in [0.25, 0.3) is 0 Å². The number of nitrogens with two attached hydrogens (primary N) is 1. The molecule has 10 heteroatoms. The Balaban J connectivity index is 1.79. The van der Waals surface area contributed by atoms with Gasteiger partial charge in [-0.15, -0.1) is 0 Å². The fraction of sp³-hybridized carbons (Fsp3) is 0.345. The number of amides is 1. The largest absolute Gasteiger partial charge is 0.507 e. The molecular formula is C29H28N2O8. The number of aryl methyl sites for hydroxylation is 1. The minimum absolute atomic E-state index is 0.186. The van der Waals surface area contributed by atoms with Crippen molar-refractivity contribution in [2.45, 2.75) is 24.7 Å². The highest BCUT2D eigenvalue weighted by Crippen LogP contribution is 2.54. The maximum absolute atomic E-state index is 14.1. The van der Waals surface area contributed by atoms with Gasteiger partial charge in [0.05, 0.1) is 29.5 Å². The molecule has 0 bridgehead atoms. The number of hydrogen-bond acceptors (Lipinski definition) is 9. The van der Waals surface area contributed by atoms with Crippen LogP contribution in [-0.4, -0.2) is 81.1 Å². The van der Waals surface area contributed by atoms with E-state index in [2.05, 4.69) is 0 Å². The number of aliphatic hydroxyl groups excluding tert-OH is 1. The molecular weight excluding hydrogens is 504 g/mol. The summed E-state index contributed by atoms with van der Waals surface area (Å²) in [6, 6.07) is 10.2. The third-order valence-electron chi connectivity index (χ3n) is 8.27. The molecule has 2 saturated carbocycles. The van der Waals surface area contributed by atoms with Gasteiger partial charge >= 0.3 is 0 Å². The highest BCUT2D eigenvalue weighted by Gasteiger charge is 2.72. The summed E-state index contributed by atoms with van der Waals surface area (Å²) >= 11 is 0. The molecule has 0 aliphatic heterocycles. The van der Waals surface area contributed by atoms with Gasteiger partial charge in [0.1, 0.15) is 5.75 Å². The Hall–Kier alpha value is -3.99. The van der Waals surface area contributed by atoms with E-state index in [0.717, 1.165) is 5.56 Å². The first-order valence-electron chi connectivity index (χ1n) is 12.5. The van der Waals surface area contributed by atoms with Crippen LogP contribution in [-0.2, 0) is 19.2 Å². The Morgan fingerprint density at radius 2 is 1.67 bits per heavy atom. The Labute approximate surface area is 223 Å². The molecule has 3 aliphatic carbocycles. The Bertz CT molecular complexity index is 1480. The molecule has 10 nitrogen and oxygen atoms in total. The van der Waals surface area contributed by atoms with Crippen LogP contribution in [0.1, 0.15) is 27.0 Å². The van der Waals surface area contributed by atoms with Crippen molar-refractivity contribution in [3.63, 3.8) is 0 Å². The zero-order chi connectivity index (χ0) is 28.5. The smallest absolute Gasteiger partial charge is 0.235 e. The van der Waals surface area contributed by atoms with E-state index in [4.69, 9.17) is 5.73 Å². The fourth-order valence-electron chi connectivity index (χ4n) is 6.51. The van der Waals surface area contributed by atoms with Gasteiger partial charge in [0.2, 0.25) is 5.91 Å². The van der Waals surface area contributed by atoms with Gasteiger partial charge in [-0.25, -0.2) is 0 Å². The molecule has 3 aliphatic rings. The number of fused-ring (bicyclic) bond motifs is 3. The number of nitrogens with zero attached hydrogens (tertiary/aromatic N) is 1. The van der Waals surface area contributed by atoms with Gasteiger partial charge in [0, 0.05) is 5.92 Å². The van der Waals surface area contributed by atoms with Crippen molar-refractivity contribution in [1.29, 1.82) is 0 Å². The van der Waals surface area contributed by atoms with E-state index in [-0.39, 0.29) is 11.1 Å². The number of primary amides is 1. The Morgan fingerprint density at radius 1 is 1.03 bits per heavy atom. The third-order valence-corrected chi connectivity index (χ3v) is 8.27. The highest BCUT2D eigenvalue weighted by molar-refractivity contribution is 6.33. The molecule has 0 spiro atoms. The third kappa shape index (κ3) is 3.63. The molecule has 5 rings (SSSR count). The molecule has 2 aromatic carbocycles. The average Bonchev–Trinajstić information content (AvgIpc) is 2.86. The molecule has 2 aromatic rings. The molecule has 2 fully saturated rings. The van der Waals surface area contributed by atoms with Crippen molar-refractivity contribution in [1.82, 2.24) is 4.90 Å². The van der Waals surface area contributed by atoms with Gasteiger partial charge in [0.15, 0.2) is 34.7 Å². The highest BCUT2D eigenvalue weighted by atomic mass is 16.3. The lowest BCUT2D eigenvalue weighted by atomic mass is 9.50. The van der Waals surface area contributed by atoms with Crippen LogP contribution in [0.5, 0.6) is 5.75 Å². The molecule has 7 atom stereocenters. The van der Waals surface area contributed by atoms with E-state index in [0.29, 0.717) is 11.1 Å². The van der Waals surface area contributed by atoms with E-state index >= 15 is 0 Å². The molecule has 7 unspecified atom stereocenters. The number of rotatable bonds is 3. The van der Waals surface area contributed by atoms with Crippen molar-refractivity contribution in [3.8, 4) is 5.75 Å². The first-order chi connectivity index (χ1) is 18.3. The topological polar surface area (TPSA) is 175 Å². The Morgan fingerprint density at radius 3 is 2.26 bits per heavy atom. The van der Waals surface area contributed by atoms with Crippen LogP contribution in [0.25, 0.3) is 11.6 Å². The van der Waals surface area contributed by atoms with Crippen molar-refractivity contribution >= 4 is 40.7 Å². The molecule has 202 valence electrons. The van der Waals surface area contributed by atoms with Crippen molar-refractivity contribution < 1.29 is 39.3 Å². The molecule has 5 N–H and O–H groups in total. The fourth-order valence-corrected chi connectivity index (χ4v) is 6.51. The number of aliphatic hydroxyl groups is 2. The number of benzene rings is 2. The number of carbonyl (C=O) groups is 5. The van der Waals surface area contributed by atoms with E-state index in [1.165, 1.54) is 31.1 Å². The van der Waals surface area contributed by atoms with Crippen LogP contribution in [0.2, 0.25) is 0 Å². The number of ketones is 4. The normalized spacial score (nSPS) is 33.1. The minimum Gasteiger partial charge on any atom is -0.507 e. The van der Waals surface area contributed by atoms with E-state index in [1.54, 1.807) is 24.3 Å². The number of phenols is 1. The zero-order valence-electron chi connectivity index (χ0n) is 21.5. The second-order valence-electron chi connectivity index (χ2n) is 10.7. The first-order valence-corrected chi connectivity index (χ1v) is 12.5. The molecule has 39 heavy (non-hydrogen) atoms. The molecule has 0 radical (unpaired) electrons. The lowest BCUT2D eigenvalue weighted by Gasteiger charge is -2.55. The SMILES string of the molecule is Cc1ccc(C=C2c3cccc(O)c3C(=O)C3C(=O)C4(O)C(=O)C(C(N)=O)C(=O)C(N(C)C)C4C(O)C23)cc1. The van der Waals surface area contributed by atoms with Crippen LogP contribution >= 0.6 is 0 Å². The van der Waals surface area contributed by atoms with Gasteiger partial charge in [-0.05, 0) is 43.8 Å². The summed E-state index contributed by atoms with van der Waals surface area (Å²) in [4.78, 5) is 68.1. The van der Waals surface area contributed by atoms with Crippen LogP contribution < -0.4 is 5.73 Å². The summed E-state index contributed by atoms with van der Waals surface area (Å²) < 4.78 is 0.